The minimum absolute atomic E-state index is 0.108. The van der Waals surface area contributed by atoms with Crippen LogP contribution in [0.5, 0.6) is 0 Å². The Hall–Kier alpha value is -1.20. The van der Waals surface area contributed by atoms with Gasteiger partial charge in [0.2, 0.25) is 0 Å². The average Bonchev–Trinajstić information content (AvgIpc) is 2.37. The molecule has 100 valence electrons. The molecule has 2 N–H and O–H groups in total. The third-order valence-corrected chi connectivity index (χ3v) is 3.32. The Labute approximate surface area is 107 Å². The molecule has 1 aromatic rings. The van der Waals surface area contributed by atoms with Gasteiger partial charge in [-0.25, -0.2) is 4.98 Å². The molecule has 18 heavy (non-hydrogen) atoms. The zero-order valence-corrected chi connectivity index (χ0v) is 11.1. The topological polar surface area (TPSA) is 67.0 Å². The first-order valence-electron chi connectivity index (χ1n) is 6.59. The van der Waals surface area contributed by atoms with Crippen LogP contribution in [0.15, 0.2) is 10.9 Å². The molecule has 2 rings (SSSR count). The normalized spacial score (nSPS) is 24.1. The maximum Gasteiger partial charge on any atom is 0.251 e. The highest BCUT2D eigenvalue weighted by molar-refractivity contribution is 5.08. The molecule has 0 aromatic carbocycles. The SMILES string of the molecule is CCNCc1cc(=O)[nH]c(C2(C)CCCCO2)n1. The summed E-state index contributed by atoms with van der Waals surface area (Å²) in [6, 6.07) is 1.54. The molecular formula is C13H21N3O2. The van der Waals surface area contributed by atoms with Crippen LogP contribution >= 0.6 is 0 Å². The first-order chi connectivity index (χ1) is 8.64. The third-order valence-electron chi connectivity index (χ3n) is 3.32. The minimum atomic E-state index is -0.445. The Morgan fingerprint density at radius 1 is 1.56 bits per heavy atom. The molecule has 2 heterocycles. The van der Waals surface area contributed by atoms with Crippen LogP contribution in [0.4, 0.5) is 0 Å². The van der Waals surface area contributed by atoms with E-state index < -0.39 is 5.60 Å². The van der Waals surface area contributed by atoms with Gasteiger partial charge in [-0.2, -0.15) is 0 Å². The predicted molar refractivity (Wildman–Crippen MR) is 69.4 cm³/mol. The Kier molecular flexibility index (Phi) is 4.14. The van der Waals surface area contributed by atoms with Gasteiger partial charge in [-0.15, -0.1) is 0 Å². The lowest BCUT2D eigenvalue weighted by Gasteiger charge is -2.32. The summed E-state index contributed by atoms with van der Waals surface area (Å²) in [5, 5.41) is 3.18. The van der Waals surface area contributed by atoms with Gasteiger partial charge in [0, 0.05) is 19.2 Å². The van der Waals surface area contributed by atoms with Gasteiger partial charge in [-0.3, -0.25) is 4.79 Å². The van der Waals surface area contributed by atoms with E-state index in [9.17, 15) is 4.79 Å². The molecule has 1 saturated heterocycles. The fourth-order valence-corrected chi connectivity index (χ4v) is 2.22. The molecule has 0 aliphatic carbocycles. The van der Waals surface area contributed by atoms with Crippen molar-refractivity contribution in [3.8, 4) is 0 Å². The highest BCUT2D eigenvalue weighted by Crippen LogP contribution is 2.31. The number of H-pyrrole nitrogens is 1. The largest absolute Gasteiger partial charge is 0.367 e. The standard InChI is InChI=1S/C13H21N3O2/c1-3-14-9-10-8-11(17)16-12(15-10)13(2)6-4-5-7-18-13/h8,14H,3-7,9H2,1-2H3,(H,15,16,17). The second-order valence-electron chi connectivity index (χ2n) is 4.90. The molecule has 1 atom stereocenters. The number of aromatic nitrogens is 2. The Morgan fingerprint density at radius 3 is 3.06 bits per heavy atom. The first-order valence-corrected chi connectivity index (χ1v) is 6.59. The van der Waals surface area contributed by atoms with Gasteiger partial charge in [0.15, 0.2) is 0 Å². The van der Waals surface area contributed by atoms with Crippen LogP contribution in [0.3, 0.4) is 0 Å². The van der Waals surface area contributed by atoms with Crippen molar-refractivity contribution in [2.45, 2.75) is 45.3 Å². The van der Waals surface area contributed by atoms with Crippen molar-refractivity contribution in [3.63, 3.8) is 0 Å². The van der Waals surface area contributed by atoms with Gasteiger partial charge in [0.25, 0.3) is 5.56 Å². The van der Waals surface area contributed by atoms with Crippen LogP contribution in [-0.4, -0.2) is 23.1 Å². The fourth-order valence-electron chi connectivity index (χ4n) is 2.22. The van der Waals surface area contributed by atoms with E-state index in [1.54, 1.807) is 6.07 Å². The van der Waals surface area contributed by atoms with Gasteiger partial charge >= 0.3 is 0 Å². The van der Waals surface area contributed by atoms with Crippen molar-refractivity contribution in [1.29, 1.82) is 0 Å². The van der Waals surface area contributed by atoms with Gasteiger partial charge in [-0.1, -0.05) is 6.92 Å². The lowest BCUT2D eigenvalue weighted by Crippen LogP contribution is -2.34. The Morgan fingerprint density at radius 2 is 2.39 bits per heavy atom. The molecule has 5 heteroatoms. The van der Waals surface area contributed by atoms with E-state index >= 15 is 0 Å². The van der Waals surface area contributed by atoms with E-state index in [2.05, 4.69) is 15.3 Å². The molecule has 1 aliphatic rings. The van der Waals surface area contributed by atoms with E-state index in [4.69, 9.17) is 4.74 Å². The van der Waals surface area contributed by atoms with Gasteiger partial charge in [0.05, 0.1) is 5.69 Å². The number of nitrogens with one attached hydrogen (secondary N) is 2. The van der Waals surface area contributed by atoms with E-state index in [0.717, 1.165) is 38.1 Å². The van der Waals surface area contributed by atoms with Crippen LogP contribution < -0.4 is 10.9 Å². The van der Waals surface area contributed by atoms with Crippen molar-refractivity contribution in [3.05, 3.63) is 27.9 Å². The molecular weight excluding hydrogens is 230 g/mol. The zero-order chi connectivity index (χ0) is 13.0. The monoisotopic (exact) mass is 251 g/mol. The summed E-state index contributed by atoms with van der Waals surface area (Å²) in [6.07, 6.45) is 3.09. The number of aromatic amines is 1. The van der Waals surface area contributed by atoms with E-state index in [0.29, 0.717) is 12.4 Å². The summed E-state index contributed by atoms with van der Waals surface area (Å²) in [5.74, 6) is 0.655. The fraction of sp³-hybridized carbons (Fsp3) is 0.692. The summed E-state index contributed by atoms with van der Waals surface area (Å²) in [6.45, 7) is 6.24. The number of nitrogens with zero attached hydrogens (tertiary/aromatic N) is 1. The number of ether oxygens (including phenoxy) is 1. The number of rotatable bonds is 4. The number of hydrogen-bond acceptors (Lipinski definition) is 4. The Balaban J connectivity index is 2.26. The van der Waals surface area contributed by atoms with Gasteiger partial charge in [-0.05, 0) is 32.7 Å². The molecule has 1 fully saturated rings. The molecule has 0 amide bonds. The van der Waals surface area contributed by atoms with E-state index in [1.165, 1.54) is 0 Å². The highest BCUT2D eigenvalue weighted by atomic mass is 16.5. The van der Waals surface area contributed by atoms with Crippen LogP contribution in [0.25, 0.3) is 0 Å². The lowest BCUT2D eigenvalue weighted by atomic mass is 9.95. The van der Waals surface area contributed by atoms with Gasteiger partial charge < -0.3 is 15.0 Å². The second-order valence-corrected chi connectivity index (χ2v) is 4.90. The second kappa shape index (κ2) is 5.63. The zero-order valence-electron chi connectivity index (χ0n) is 11.1. The maximum absolute atomic E-state index is 11.7. The molecule has 0 spiro atoms. The van der Waals surface area contributed by atoms with Crippen molar-refractivity contribution in [1.82, 2.24) is 15.3 Å². The predicted octanol–water partition coefficient (Wildman–Crippen LogP) is 1.30. The maximum atomic E-state index is 11.7. The molecule has 5 nitrogen and oxygen atoms in total. The molecule has 1 unspecified atom stereocenters. The highest BCUT2D eigenvalue weighted by Gasteiger charge is 2.32. The van der Waals surface area contributed by atoms with Gasteiger partial charge in [0.1, 0.15) is 11.4 Å². The van der Waals surface area contributed by atoms with E-state index in [-0.39, 0.29) is 5.56 Å². The third kappa shape index (κ3) is 2.97. The molecule has 1 aromatic heterocycles. The summed E-state index contributed by atoms with van der Waals surface area (Å²) >= 11 is 0. The Bertz CT molecular complexity index is 450. The minimum Gasteiger partial charge on any atom is -0.367 e. The quantitative estimate of drug-likeness (QED) is 0.846. The molecule has 0 saturated carbocycles. The van der Waals surface area contributed by atoms with Crippen LogP contribution in [0.2, 0.25) is 0 Å². The number of hydrogen-bond donors (Lipinski definition) is 2. The molecule has 0 bridgehead atoms. The summed E-state index contributed by atoms with van der Waals surface area (Å²) < 4.78 is 5.81. The van der Waals surface area contributed by atoms with Crippen LogP contribution in [0, 0.1) is 0 Å². The smallest absolute Gasteiger partial charge is 0.251 e. The van der Waals surface area contributed by atoms with Crippen LogP contribution in [-0.2, 0) is 16.9 Å². The van der Waals surface area contributed by atoms with E-state index in [1.807, 2.05) is 13.8 Å². The summed E-state index contributed by atoms with van der Waals surface area (Å²) in [7, 11) is 0. The lowest BCUT2D eigenvalue weighted by molar-refractivity contribution is -0.0763. The van der Waals surface area contributed by atoms with Crippen LogP contribution in [0.1, 0.15) is 44.6 Å². The summed E-state index contributed by atoms with van der Waals surface area (Å²) in [5.41, 5.74) is 0.217. The van der Waals surface area contributed by atoms with Crippen molar-refractivity contribution in [2.24, 2.45) is 0 Å². The molecule has 1 aliphatic heterocycles. The molecule has 0 radical (unpaired) electrons. The average molecular weight is 251 g/mol. The summed E-state index contributed by atoms with van der Waals surface area (Å²) in [4.78, 5) is 19.0. The first kappa shape index (κ1) is 13.2. The van der Waals surface area contributed by atoms with Crippen molar-refractivity contribution >= 4 is 0 Å². The van der Waals surface area contributed by atoms with Crippen molar-refractivity contribution < 1.29 is 4.74 Å². The van der Waals surface area contributed by atoms with Crippen molar-refractivity contribution in [2.75, 3.05) is 13.2 Å².